The molecule has 0 saturated carbocycles. The summed E-state index contributed by atoms with van der Waals surface area (Å²) >= 11 is 0. The SMILES string of the molecule is CN(C)c1noc(COCCN)n1. The number of hydrogen-bond donors (Lipinski definition) is 1. The van der Waals surface area contributed by atoms with Crippen LogP contribution in [0.15, 0.2) is 4.52 Å². The molecule has 0 saturated heterocycles. The molecule has 1 aromatic heterocycles. The summed E-state index contributed by atoms with van der Waals surface area (Å²) in [6.45, 7) is 1.31. The number of anilines is 1. The summed E-state index contributed by atoms with van der Waals surface area (Å²) < 4.78 is 10.0. The maximum Gasteiger partial charge on any atom is 0.265 e. The second-order valence-corrected chi connectivity index (χ2v) is 2.72. The van der Waals surface area contributed by atoms with E-state index in [2.05, 4.69) is 10.1 Å². The van der Waals surface area contributed by atoms with Crippen LogP contribution in [0.3, 0.4) is 0 Å². The molecule has 13 heavy (non-hydrogen) atoms. The summed E-state index contributed by atoms with van der Waals surface area (Å²) in [6, 6.07) is 0. The molecule has 2 N–H and O–H groups in total. The van der Waals surface area contributed by atoms with E-state index >= 15 is 0 Å². The van der Waals surface area contributed by atoms with Crippen LogP contribution >= 0.6 is 0 Å². The molecule has 1 aromatic rings. The molecule has 0 unspecified atom stereocenters. The highest BCUT2D eigenvalue weighted by atomic mass is 16.5. The molecule has 0 bridgehead atoms. The van der Waals surface area contributed by atoms with Crippen LogP contribution in [0.25, 0.3) is 0 Å². The lowest BCUT2D eigenvalue weighted by atomic mass is 10.6. The Morgan fingerprint density at radius 2 is 2.31 bits per heavy atom. The van der Waals surface area contributed by atoms with E-state index < -0.39 is 0 Å². The minimum absolute atomic E-state index is 0.317. The smallest absolute Gasteiger partial charge is 0.265 e. The second-order valence-electron chi connectivity index (χ2n) is 2.72. The van der Waals surface area contributed by atoms with E-state index in [9.17, 15) is 0 Å². The first-order valence-corrected chi connectivity index (χ1v) is 4.01. The zero-order valence-electron chi connectivity index (χ0n) is 7.86. The van der Waals surface area contributed by atoms with Crippen molar-refractivity contribution in [2.75, 3.05) is 32.1 Å². The molecular weight excluding hydrogens is 172 g/mol. The average molecular weight is 186 g/mol. The monoisotopic (exact) mass is 186 g/mol. The zero-order chi connectivity index (χ0) is 9.68. The van der Waals surface area contributed by atoms with Gasteiger partial charge in [-0.2, -0.15) is 4.98 Å². The van der Waals surface area contributed by atoms with Gasteiger partial charge in [0, 0.05) is 20.6 Å². The van der Waals surface area contributed by atoms with Gasteiger partial charge >= 0.3 is 0 Å². The molecule has 0 spiro atoms. The number of aromatic nitrogens is 2. The Morgan fingerprint density at radius 3 is 2.85 bits per heavy atom. The first-order valence-electron chi connectivity index (χ1n) is 4.01. The lowest BCUT2D eigenvalue weighted by Gasteiger charge is -2.02. The predicted octanol–water partition coefficient (Wildman–Crippen LogP) is -0.389. The molecule has 0 aliphatic heterocycles. The third-order valence-corrected chi connectivity index (χ3v) is 1.35. The maximum absolute atomic E-state index is 5.25. The van der Waals surface area contributed by atoms with E-state index in [1.807, 2.05) is 14.1 Å². The quantitative estimate of drug-likeness (QED) is 0.631. The van der Waals surface area contributed by atoms with Gasteiger partial charge in [-0.25, -0.2) is 0 Å². The number of hydrogen-bond acceptors (Lipinski definition) is 6. The number of nitrogens with two attached hydrogens (primary N) is 1. The highest BCUT2D eigenvalue weighted by Gasteiger charge is 2.06. The molecule has 0 radical (unpaired) electrons. The summed E-state index contributed by atoms with van der Waals surface area (Å²) in [7, 11) is 3.69. The van der Waals surface area contributed by atoms with E-state index in [1.54, 1.807) is 4.90 Å². The number of ether oxygens (including phenoxy) is 1. The van der Waals surface area contributed by atoms with Gasteiger partial charge in [0.05, 0.1) is 6.61 Å². The third-order valence-electron chi connectivity index (χ3n) is 1.35. The molecule has 0 amide bonds. The van der Waals surface area contributed by atoms with Crippen LogP contribution in [0.4, 0.5) is 5.95 Å². The van der Waals surface area contributed by atoms with Gasteiger partial charge in [-0.3, -0.25) is 0 Å². The van der Waals surface area contributed by atoms with Gasteiger partial charge in [0.2, 0.25) is 0 Å². The van der Waals surface area contributed by atoms with Gasteiger partial charge in [-0.15, -0.1) is 0 Å². The van der Waals surface area contributed by atoms with Crippen LogP contribution in [0.1, 0.15) is 5.89 Å². The van der Waals surface area contributed by atoms with Crippen molar-refractivity contribution in [3.8, 4) is 0 Å². The minimum atomic E-state index is 0.317. The fourth-order valence-corrected chi connectivity index (χ4v) is 0.729. The van der Waals surface area contributed by atoms with Crippen LogP contribution in [0.2, 0.25) is 0 Å². The minimum Gasteiger partial charge on any atom is -0.370 e. The Kier molecular flexibility index (Phi) is 3.66. The van der Waals surface area contributed by atoms with Crippen molar-refractivity contribution in [3.63, 3.8) is 0 Å². The standard InChI is InChI=1S/C7H14N4O2/c1-11(2)7-9-6(13-10-7)5-12-4-3-8/h3-5,8H2,1-2H3. The Bertz CT molecular complexity index is 248. The largest absolute Gasteiger partial charge is 0.370 e. The molecule has 1 heterocycles. The Morgan fingerprint density at radius 1 is 1.54 bits per heavy atom. The summed E-state index contributed by atoms with van der Waals surface area (Å²) in [5.74, 6) is 1.02. The first kappa shape index (κ1) is 9.94. The summed E-state index contributed by atoms with van der Waals surface area (Å²) in [5.41, 5.74) is 5.25. The van der Waals surface area contributed by atoms with Crippen LogP contribution in [-0.4, -0.2) is 37.4 Å². The normalized spacial score (nSPS) is 10.4. The van der Waals surface area contributed by atoms with E-state index in [0.29, 0.717) is 31.6 Å². The molecule has 0 aromatic carbocycles. The topological polar surface area (TPSA) is 77.4 Å². The Labute approximate surface area is 76.7 Å². The molecule has 6 nitrogen and oxygen atoms in total. The highest BCUT2D eigenvalue weighted by Crippen LogP contribution is 2.05. The number of nitrogens with zero attached hydrogens (tertiary/aromatic N) is 3. The van der Waals surface area contributed by atoms with Gasteiger partial charge in [-0.05, 0) is 5.16 Å². The molecule has 0 atom stereocenters. The van der Waals surface area contributed by atoms with Crippen molar-refractivity contribution in [2.24, 2.45) is 5.73 Å². The lowest BCUT2D eigenvalue weighted by molar-refractivity contribution is 0.104. The predicted molar refractivity (Wildman–Crippen MR) is 47.3 cm³/mol. The fraction of sp³-hybridized carbons (Fsp3) is 0.714. The second kappa shape index (κ2) is 4.78. The number of rotatable bonds is 5. The Balaban J connectivity index is 2.40. The molecule has 0 aliphatic rings. The maximum atomic E-state index is 5.25. The van der Waals surface area contributed by atoms with Crippen LogP contribution < -0.4 is 10.6 Å². The van der Waals surface area contributed by atoms with Gasteiger partial charge in [0.15, 0.2) is 0 Å². The van der Waals surface area contributed by atoms with Crippen molar-refractivity contribution < 1.29 is 9.26 Å². The van der Waals surface area contributed by atoms with Crippen LogP contribution in [0, 0.1) is 0 Å². The van der Waals surface area contributed by atoms with Crippen LogP contribution in [0.5, 0.6) is 0 Å². The average Bonchev–Trinajstić information content (AvgIpc) is 2.53. The molecule has 74 valence electrons. The van der Waals surface area contributed by atoms with E-state index in [-0.39, 0.29) is 0 Å². The van der Waals surface area contributed by atoms with E-state index in [4.69, 9.17) is 15.0 Å². The molecule has 0 aliphatic carbocycles. The fourth-order valence-electron chi connectivity index (χ4n) is 0.729. The Hall–Kier alpha value is -1.14. The zero-order valence-corrected chi connectivity index (χ0v) is 7.86. The van der Waals surface area contributed by atoms with Gasteiger partial charge in [0.1, 0.15) is 6.61 Å². The first-order chi connectivity index (χ1) is 6.24. The van der Waals surface area contributed by atoms with Crippen molar-refractivity contribution in [1.29, 1.82) is 0 Å². The summed E-state index contributed by atoms with van der Waals surface area (Å²) in [6.07, 6.45) is 0. The van der Waals surface area contributed by atoms with Gasteiger partial charge < -0.3 is 19.9 Å². The molecule has 1 rings (SSSR count). The highest BCUT2D eigenvalue weighted by molar-refractivity contribution is 5.23. The molecular formula is C7H14N4O2. The van der Waals surface area contributed by atoms with Crippen molar-refractivity contribution in [1.82, 2.24) is 10.1 Å². The van der Waals surface area contributed by atoms with Gasteiger partial charge in [0.25, 0.3) is 11.8 Å². The van der Waals surface area contributed by atoms with Gasteiger partial charge in [-0.1, -0.05) is 0 Å². The molecule has 0 fully saturated rings. The van der Waals surface area contributed by atoms with Crippen molar-refractivity contribution in [2.45, 2.75) is 6.61 Å². The van der Waals surface area contributed by atoms with Crippen molar-refractivity contribution in [3.05, 3.63) is 5.89 Å². The van der Waals surface area contributed by atoms with E-state index in [1.165, 1.54) is 0 Å². The third kappa shape index (κ3) is 3.00. The summed E-state index contributed by atoms with van der Waals surface area (Å²) in [5, 5.41) is 3.72. The van der Waals surface area contributed by atoms with Crippen molar-refractivity contribution >= 4 is 5.95 Å². The van der Waals surface area contributed by atoms with Crippen LogP contribution in [-0.2, 0) is 11.3 Å². The van der Waals surface area contributed by atoms with E-state index in [0.717, 1.165) is 0 Å². The molecule has 6 heteroatoms. The lowest BCUT2D eigenvalue weighted by Crippen LogP contribution is -2.10. The summed E-state index contributed by atoms with van der Waals surface area (Å²) in [4.78, 5) is 5.82.